The van der Waals surface area contributed by atoms with Crippen LogP contribution in [0.5, 0.6) is 0 Å². The molecule has 0 aromatic heterocycles. The lowest BCUT2D eigenvalue weighted by Gasteiger charge is -2.39. The first-order valence-electron chi connectivity index (χ1n) is 15.0. The molecule has 3 fully saturated rings. The number of hydrogen-bond donors (Lipinski definition) is 2. The second-order valence-electron chi connectivity index (χ2n) is 12.1. The Labute approximate surface area is 251 Å². The van der Waals surface area contributed by atoms with Crippen LogP contribution in [0.4, 0.5) is 14.5 Å². The van der Waals surface area contributed by atoms with Gasteiger partial charge in [-0.3, -0.25) is 9.59 Å². The first-order valence-corrected chi connectivity index (χ1v) is 15.4. The van der Waals surface area contributed by atoms with Gasteiger partial charge in [0.05, 0.1) is 10.6 Å². The van der Waals surface area contributed by atoms with E-state index in [1.807, 2.05) is 12.1 Å². The third-order valence-corrected chi connectivity index (χ3v) is 9.73. The fraction of sp³-hybridized carbons (Fsp3) is 0.562. The van der Waals surface area contributed by atoms with Crippen molar-refractivity contribution in [3.05, 3.63) is 64.7 Å². The highest BCUT2D eigenvalue weighted by Crippen LogP contribution is 2.36. The Morgan fingerprint density at radius 1 is 0.881 bits per heavy atom. The number of carbonyl (C=O) groups excluding carboxylic acids is 2. The van der Waals surface area contributed by atoms with Gasteiger partial charge in [0.2, 0.25) is 5.60 Å². The van der Waals surface area contributed by atoms with Gasteiger partial charge in [-0.25, -0.2) is 8.78 Å². The fourth-order valence-electron chi connectivity index (χ4n) is 6.76. The van der Waals surface area contributed by atoms with E-state index in [1.54, 1.807) is 29.2 Å². The zero-order valence-electron chi connectivity index (χ0n) is 23.8. The number of alkyl halides is 2. The summed E-state index contributed by atoms with van der Waals surface area (Å²) in [5.41, 5.74) is -1.41. The molecule has 3 aliphatic heterocycles. The average Bonchev–Trinajstić information content (AvgIpc) is 3.51. The number of amides is 2. The molecule has 3 aliphatic rings. The fourth-order valence-corrected chi connectivity index (χ4v) is 7.01. The van der Waals surface area contributed by atoms with Crippen molar-refractivity contribution >= 4 is 29.1 Å². The van der Waals surface area contributed by atoms with Crippen molar-refractivity contribution in [2.24, 2.45) is 17.8 Å². The maximum absolute atomic E-state index is 13.9. The molecule has 5 rings (SSSR count). The predicted octanol–water partition coefficient (Wildman–Crippen LogP) is 4.79. The lowest BCUT2D eigenvalue weighted by molar-refractivity contribution is -0.173. The van der Waals surface area contributed by atoms with E-state index < -0.39 is 17.9 Å². The standard InChI is InChI=1S/C32H40ClF2N3O4/c33-28-19-26(6-7-27(28)29(40)38-17-12-24(20-38)21-39)36-13-8-22(9-14-36)18-23-10-15-37(16-11-23)31(41)32(42,30(34)35)25-4-2-1-3-5-25/h1-7,19,22-24,30,39,42H,8-18,20-21H2/t24-,32?/m1/s1. The zero-order chi connectivity index (χ0) is 29.9. The molecule has 2 N–H and O–H groups in total. The first kappa shape index (κ1) is 30.7. The van der Waals surface area contributed by atoms with E-state index in [0.29, 0.717) is 48.6 Å². The van der Waals surface area contributed by atoms with Gasteiger partial charge in [0.15, 0.2) is 0 Å². The molecule has 0 saturated carbocycles. The lowest BCUT2D eigenvalue weighted by atomic mass is 9.82. The van der Waals surface area contributed by atoms with Crippen molar-refractivity contribution in [1.29, 1.82) is 0 Å². The van der Waals surface area contributed by atoms with E-state index in [2.05, 4.69) is 4.90 Å². The molecule has 228 valence electrons. The third-order valence-electron chi connectivity index (χ3n) is 9.42. The molecular formula is C32H40ClF2N3O4. The molecule has 2 amide bonds. The number of rotatable bonds is 8. The van der Waals surface area contributed by atoms with Crippen LogP contribution in [0.2, 0.25) is 5.02 Å². The normalized spacial score (nSPS) is 22.0. The van der Waals surface area contributed by atoms with Gasteiger partial charge in [-0.1, -0.05) is 41.9 Å². The van der Waals surface area contributed by atoms with Crippen LogP contribution in [0.3, 0.4) is 0 Å². The average molecular weight is 604 g/mol. The Kier molecular flexibility index (Phi) is 9.70. The molecule has 3 saturated heterocycles. The number of hydrogen-bond acceptors (Lipinski definition) is 5. The minimum Gasteiger partial charge on any atom is -0.396 e. The molecule has 0 aliphatic carbocycles. The monoisotopic (exact) mass is 603 g/mol. The highest BCUT2D eigenvalue weighted by Gasteiger charge is 2.49. The van der Waals surface area contributed by atoms with Crippen molar-refractivity contribution < 1.29 is 28.6 Å². The molecule has 3 heterocycles. The number of aliphatic hydroxyl groups excluding tert-OH is 1. The molecule has 2 aromatic carbocycles. The van der Waals surface area contributed by atoms with E-state index in [1.165, 1.54) is 17.0 Å². The quantitative estimate of drug-likeness (QED) is 0.453. The number of aliphatic hydroxyl groups is 2. The summed E-state index contributed by atoms with van der Waals surface area (Å²) in [7, 11) is 0. The molecule has 1 unspecified atom stereocenters. The summed E-state index contributed by atoms with van der Waals surface area (Å²) in [5, 5.41) is 20.6. The van der Waals surface area contributed by atoms with E-state index in [9.17, 15) is 28.6 Å². The minimum absolute atomic E-state index is 0.0795. The Bertz CT molecular complexity index is 1240. The molecule has 7 nitrogen and oxygen atoms in total. The van der Waals surface area contributed by atoms with E-state index in [4.69, 9.17) is 11.6 Å². The smallest absolute Gasteiger partial charge is 0.280 e. The number of carbonyl (C=O) groups is 2. The minimum atomic E-state index is -3.22. The van der Waals surface area contributed by atoms with E-state index >= 15 is 0 Å². The summed E-state index contributed by atoms with van der Waals surface area (Å²) >= 11 is 6.56. The first-order chi connectivity index (χ1) is 20.2. The summed E-state index contributed by atoms with van der Waals surface area (Å²) in [4.78, 5) is 31.4. The van der Waals surface area contributed by atoms with Crippen LogP contribution in [0.1, 0.15) is 54.4 Å². The maximum atomic E-state index is 13.9. The van der Waals surface area contributed by atoms with Gasteiger partial charge in [-0.2, -0.15) is 0 Å². The Morgan fingerprint density at radius 3 is 2.05 bits per heavy atom. The van der Waals surface area contributed by atoms with Gasteiger partial charge in [-0.05, 0) is 74.1 Å². The number of halogens is 3. The lowest BCUT2D eigenvalue weighted by Crippen LogP contribution is -2.53. The van der Waals surface area contributed by atoms with Crippen LogP contribution < -0.4 is 4.90 Å². The van der Waals surface area contributed by atoms with Crippen LogP contribution in [-0.2, 0) is 10.4 Å². The Balaban J connectivity index is 1.09. The van der Waals surface area contributed by atoms with Crippen molar-refractivity contribution in [3.63, 3.8) is 0 Å². The molecular weight excluding hydrogens is 564 g/mol. The number of nitrogens with zero attached hydrogens (tertiary/aromatic N) is 3. The van der Waals surface area contributed by atoms with Gasteiger partial charge in [0.1, 0.15) is 0 Å². The van der Waals surface area contributed by atoms with Crippen LogP contribution in [0.25, 0.3) is 0 Å². The number of anilines is 1. The van der Waals surface area contributed by atoms with Crippen molar-refractivity contribution in [2.75, 3.05) is 50.8 Å². The van der Waals surface area contributed by atoms with Crippen LogP contribution in [-0.4, -0.2) is 84.1 Å². The van der Waals surface area contributed by atoms with Crippen molar-refractivity contribution in [1.82, 2.24) is 9.80 Å². The SMILES string of the molecule is O=C(c1ccc(N2CCC(CC3CCN(C(=O)C(O)(c4ccccc4)C(F)F)CC3)CC2)cc1Cl)N1CC[C@@H](CO)C1. The van der Waals surface area contributed by atoms with Crippen molar-refractivity contribution in [2.45, 2.75) is 50.6 Å². The van der Waals surface area contributed by atoms with Gasteiger partial charge >= 0.3 is 0 Å². The van der Waals surface area contributed by atoms with Crippen LogP contribution >= 0.6 is 11.6 Å². The molecule has 2 aromatic rings. The summed E-state index contributed by atoms with van der Waals surface area (Å²) < 4.78 is 27.9. The molecule has 42 heavy (non-hydrogen) atoms. The maximum Gasteiger partial charge on any atom is 0.280 e. The predicted molar refractivity (Wildman–Crippen MR) is 158 cm³/mol. The second-order valence-corrected chi connectivity index (χ2v) is 12.5. The number of benzene rings is 2. The third kappa shape index (κ3) is 6.43. The summed E-state index contributed by atoms with van der Waals surface area (Å²) in [6, 6.07) is 13.1. The topological polar surface area (TPSA) is 84.3 Å². The van der Waals surface area contributed by atoms with Crippen LogP contribution in [0, 0.1) is 17.8 Å². The van der Waals surface area contributed by atoms with Gasteiger partial charge in [0, 0.05) is 57.5 Å². The zero-order valence-corrected chi connectivity index (χ0v) is 24.6. The molecule has 0 spiro atoms. The van der Waals surface area contributed by atoms with E-state index in [0.717, 1.165) is 57.3 Å². The second kappa shape index (κ2) is 13.3. The molecule has 10 heteroatoms. The van der Waals surface area contributed by atoms with Gasteiger partial charge in [-0.15, -0.1) is 0 Å². The number of likely N-dealkylation sites (tertiary alicyclic amines) is 2. The molecule has 0 bridgehead atoms. The highest BCUT2D eigenvalue weighted by atomic mass is 35.5. The summed E-state index contributed by atoms with van der Waals surface area (Å²) in [5.74, 6) is 0.0810. The molecule has 0 radical (unpaired) electrons. The van der Waals surface area contributed by atoms with Gasteiger partial charge in [0.25, 0.3) is 18.2 Å². The molecule has 2 atom stereocenters. The summed E-state index contributed by atoms with van der Waals surface area (Å²) in [6.45, 7) is 3.78. The van der Waals surface area contributed by atoms with Crippen molar-refractivity contribution in [3.8, 4) is 0 Å². The summed E-state index contributed by atoms with van der Waals surface area (Å²) in [6.07, 6.45) is 2.14. The Hall–Kier alpha value is -2.75. The highest BCUT2D eigenvalue weighted by molar-refractivity contribution is 6.34. The number of piperidine rings is 2. The largest absolute Gasteiger partial charge is 0.396 e. The van der Waals surface area contributed by atoms with E-state index in [-0.39, 0.29) is 24.0 Å². The Morgan fingerprint density at radius 2 is 1.48 bits per heavy atom. The van der Waals surface area contributed by atoms with Crippen LogP contribution in [0.15, 0.2) is 48.5 Å². The van der Waals surface area contributed by atoms with Gasteiger partial charge < -0.3 is 24.9 Å².